The molecule has 2 rings (SSSR count). The highest BCUT2D eigenvalue weighted by molar-refractivity contribution is 7.98. The number of nitrogens with zero attached hydrogens (tertiary/aromatic N) is 1. The zero-order valence-electron chi connectivity index (χ0n) is 15.0. The minimum absolute atomic E-state index is 0.121. The fourth-order valence-electron chi connectivity index (χ4n) is 2.35. The normalized spacial score (nSPS) is 11.7. The number of amides is 1. The second kappa shape index (κ2) is 8.54. The van der Waals surface area contributed by atoms with Gasteiger partial charge in [-0.1, -0.05) is 56.6 Å². The average molecular weight is 375 g/mol. The Morgan fingerprint density at radius 3 is 2.48 bits per heavy atom. The van der Waals surface area contributed by atoms with Gasteiger partial charge in [-0.2, -0.15) is 5.10 Å². The predicted molar refractivity (Wildman–Crippen MR) is 108 cm³/mol. The Bertz CT molecular complexity index is 764. The van der Waals surface area contributed by atoms with Crippen LogP contribution in [0.1, 0.15) is 37.5 Å². The van der Waals surface area contributed by atoms with Crippen LogP contribution in [0.2, 0.25) is 5.02 Å². The fourth-order valence-corrected chi connectivity index (χ4v) is 3.14. The van der Waals surface area contributed by atoms with Crippen molar-refractivity contribution in [1.82, 2.24) is 5.43 Å². The molecular weight excluding hydrogens is 352 g/mol. The lowest BCUT2D eigenvalue weighted by Crippen LogP contribution is -2.20. The first-order valence-electron chi connectivity index (χ1n) is 8.04. The highest BCUT2D eigenvalue weighted by Gasteiger charge is 2.12. The van der Waals surface area contributed by atoms with Crippen LogP contribution in [0.25, 0.3) is 0 Å². The minimum atomic E-state index is -0.167. The number of hydrazone groups is 1. The molecule has 0 heterocycles. The second-order valence-electron chi connectivity index (χ2n) is 6.80. The number of halogens is 1. The smallest absolute Gasteiger partial charge is 0.244 e. The monoisotopic (exact) mass is 374 g/mol. The van der Waals surface area contributed by atoms with Crippen LogP contribution in [0, 0.1) is 0 Å². The van der Waals surface area contributed by atoms with E-state index in [-0.39, 0.29) is 17.7 Å². The van der Waals surface area contributed by atoms with Crippen LogP contribution in [0.15, 0.2) is 52.5 Å². The van der Waals surface area contributed by atoms with Crippen molar-refractivity contribution in [3.63, 3.8) is 0 Å². The summed E-state index contributed by atoms with van der Waals surface area (Å²) in [5.41, 5.74) is 5.81. The van der Waals surface area contributed by atoms with Crippen LogP contribution in [-0.4, -0.2) is 18.4 Å². The lowest BCUT2D eigenvalue weighted by molar-refractivity contribution is -0.120. The van der Waals surface area contributed by atoms with Crippen LogP contribution in [0.4, 0.5) is 0 Å². The maximum atomic E-state index is 12.1. The molecule has 0 bridgehead atoms. The lowest BCUT2D eigenvalue weighted by Gasteiger charge is -2.18. The molecule has 0 atom stereocenters. The summed E-state index contributed by atoms with van der Waals surface area (Å²) in [5, 5.41) is 4.67. The molecule has 0 saturated carbocycles. The fraction of sp³-hybridized carbons (Fsp3) is 0.300. The van der Waals surface area contributed by atoms with Crippen LogP contribution in [0.5, 0.6) is 0 Å². The van der Waals surface area contributed by atoms with Gasteiger partial charge in [-0.3, -0.25) is 4.79 Å². The average Bonchev–Trinajstić information content (AvgIpc) is 2.55. The van der Waals surface area contributed by atoms with Gasteiger partial charge in [0.15, 0.2) is 0 Å². The van der Waals surface area contributed by atoms with Gasteiger partial charge in [-0.15, -0.1) is 11.8 Å². The summed E-state index contributed by atoms with van der Waals surface area (Å²) in [6.45, 7) is 6.53. The number of thioether (sulfide) groups is 1. The molecule has 0 aromatic heterocycles. The van der Waals surface area contributed by atoms with Crippen molar-refractivity contribution >= 4 is 35.5 Å². The first kappa shape index (κ1) is 19.5. The molecule has 0 aliphatic rings. The summed E-state index contributed by atoms with van der Waals surface area (Å²) < 4.78 is 0. The van der Waals surface area contributed by atoms with Gasteiger partial charge in [-0.05, 0) is 46.6 Å². The molecule has 0 spiro atoms. The van der Waals surface area contributed by atoms with Crippen molar-refractivity contribution in [2.75, 3.05) is 6.26 Å². The van der Waals surface area contributed by atoms with E-state index in [1.54, 1.807) is 18.0 Å². The second-order valence-corrected chi connectivity index (χ2v) is 8.08. The highest BCUT2D eigenvalue weighted by Crippen LogP contribution is 2.24. The first-order chi connectivity index (χ1) is 11.8. The third kappa shape index (κ3) is 5.91. The summed E-state index contributed by atoms with van der Waals surface area (Å²) in [6, 6.07) is 13.7. The highest BCUT2D eigenvalue weighted by atomic mass is 35.5. The molecule has 0 radical (unpaired) electrons. The molecule has 0 aliphatic heterocycles. The molecule has 2 aromatic carbocycles. The third-order valence-corrected chi connectivity index (χ3v) is 4.85. The quantitative estimate of drug-likeness (QED) is 0.452. The van der Waals surface area contributed by atoms with Gasteiger partial charge in [0.1, 0.15) is 0 Å². The Morgan fingerprint density at radius 1 is 1.20 bits per heavy atom. The number of nitrogens with one attached hydrogen (secondary N) is 1. The summed E-state index contributed by atoms with van der Waals surface area (Å²) >= 11 is 7.61. The molecule has 3 nitrogen and oxygen atoms in total. The van der Waals surface area contributed by atoms with Crippen molar-refractivity contribution in [1.29, 1.82) is 0 Å². The largest absolute Gasteiger partial charge is 0.273 e. The summed E-state index contributed by atoms with van der Waals surface area (Å²) in [4.78, 5) is 13.1. The third-order valence-electron chi connectivity index (χ3n) is 3.77. The van der Waals surface area contributed by atoms with Gasteiger partial charge in [0.25, 0.3) is 0 Å². The predicted octanol–water partition coefficient (Wildman–Crippen LogP) is 5.05. The number of carbonyl (C=O) groups excluding carboxylic acids is 1. The molecular formula is C20H23ClN2OS. The van der Waals surface area contributed by atoms with Gasteiger partial charge in [0.2, 0.25) is 5.91 Å². The van der Waals surface area contributed by atoms with Crippen molar-refractivity contribution in [3.05, 3.63) is 64.2 Å². The van der Waals surface area contributed by atoms with E-state index < -0.39 is 0 Å². The van der Waals surface area contributed by atoms with Gasteiger partial charge >= 0.3 is 0 Å². The number of hydrogen-bond acceptors (Lipinski definition) is 3. The van der Waals surface area contributed by atoms with Crippen LogP contribution < -0.4 is 5.43 Å². The van der Waals surface area contributed by atoms with Gasteiger partial charge in [0, 0.05) is 9.92 Å². The molecule has 0 aliphatic carbocycles. The Balaban J connectivity index is 1.96. The summed E-state index contributed by atoms with van der Waals surface area (Å²) in [6.07, 6.45) is 3.87. The van der Waals surface area contributed by atoms with Crippen LogP contribution >= 0.6 is 23.4 Å². The van der Waals surface area contributed by atoms with E-state index in [0.717, 1.165) is 16.0 Å². The van der Waals surface area contributed by atoms with Gasteiger partial charge in [0.05, 0.1) is 12.6 Å². The van der Waals surface area contributed by atoms with E-state index in [0.29, 0.717) is 5.02 Å². The molecule has 1 N–H and O–H groups in total. The van der Waals surface area contributed by atoms with Gasteiger partial charge in [-0.25, -0.2) is 5.43 Å². The number of benzene rings is 2. The van der Waals surface area contributed by atoms with E-state index >= 15 is 0 Å². The molecule has 0 saturated heterocycles. The minimum Gasteiger partial charge on any atom is -0.273 e. The maximum absolute atomic E-state index is 12.1. The molecule has 25 heavy (non-hydrogen) atoms. The Labute approximate surface area is 158 Å². The van der Waals surface area contributed by atoms with E-state index in [1.165, 1.54) is 5.56 Å². The zero-order valence-corrected chi connectivity index (χ0v) is 16.5. The van der Waals surface area contributed by atoms with Crippen molar-refractivity contribution in [3.8, 4) is 0 Å². The standard InChI is InChI=1S/C20H23ClN2OS/c1-20(2,3)16-7-5-14(6-8-16)13-22-23-19(24)12-15-11-17(21)9-10-18(15)25-4/h5-11,13H,12H2,1-4H3,(H,23,24)/b22-13-. The Kier molecular flexibility index (Phi) is 6.68. The molecule has 5 heteroatoms. The van der Waals surface area contributed by atoms with Gasteiger partial charge < -0.3 is 0 Å². The Morgan fingerprint density at radius 2 is 1.88 bits per heavy atom. The summed E-state index contributed by atoms with van der Waals surface area (Å²) in [7, 11) is 0. The Hall–Kier alpha value is -1.78. The number of hydrogen-bond donors (Lipinski definition) is 1. The molecule has 0 unspecified atom stereocenters. The molecule has 2 aromatic rings. The zero-order chi connectivity index (χ0) is 18.4. The van der Waals surface area contributed by atoms with E-state index in [1.807, 2.05) is 36.6 Å². The van der Waals surface area contributed by atoms with Crippen LogP contribution in [0.3, 0.4) is 0 Å². The first-order valence-corrected chi connectivity index (χ1v) is 9.65. The number of carbonyl (C=O) groups is 1. The summed E-state index contributed by atoms with van der Waals surface area (Å²) in [5.74, 6) is -0.167. The number of rotatable bonds is 5. The van der Waals surface area contributed by atoms with Crippen LogP contribution in [-0.2, 0) is 16.6 Å². The molecule has 1 amide bonds. The van der Waals surface area contributed by atoms with E-state index in [4.69, 9.17) is 11.6 Å². The van der Waals surface area contributed by atoms with E-state index in [9.17, 15) is 4.79 Å². The molecule has 132 valence electrons. The topological polar surface area (TPSA) is 41.5 Å². The lowest BCUT2D eigenvalue weighted by atomic mass is 9.87. The molecule has 0 fully saturated rings. The van der Waals surface area contributed by atoms with Crippen molar-refractivity contribution in [2.24, 2.45) is 5.10 Å². The van der Waals surface area contributed by atoms with Crippen molar-refractivity contribution in [2.45, 2.75) is 37.5 Å². The van der Waals surface area contributed by atoms with Crippen molar-refractivity contribution < 1.29 is 4.79 Å². The van der Waals surface area contributed by atoms with E-state index in [2.05, 4.69) is 43.4 Å². The SMILES string of the molecule is CSc1ccc(Cl)cc1CC(=O)N/N=C\c1ccc(C(C)(C)C)cc1. The maximum Gasteiger partial charge on any atom is 0.244 e.